The molecule has 0 aliphatic heterocycles. The lowest BCUT2D eigenvalue weighted by Gasteiger charge is -2.00. The summed E-state index contributed by atoms with van der Waals surface area (Å²) in [6.07, 6.45) is 5.18. The fraction of sp³-hybridized carbons (Fsp3) is 0.333. The molecule has 114 valence electrons. The molecule has 0 radical (unpaired) electrons. The van der Waals surface area contributed by atoms with Crippen molar-refractivity contribution in [2.24, 2.45) is 5.92 Å². The molecule has 0 aliphatic rings. The van der Waals surface area contributed by atoms with Crippen molar-refractivity contribution in [3.8, 4) is 5.69 Å². The summed E-state index contributed by atoms with van der Waals surface area (Å²) in [7, 11) is 0. The van der Waals surface area contributed by atoms with Gasteiger partial charge in [0.1, 0.15) is 0 Å². The van der Waals surface area contributed by atoms with Crippen LogP contribution in [-0.4, -0.2) is 15.0 Å². The topological polar surface area (TPSA) is 30.7 Å². The van der Waals surface area contributed by atoms with Crippen LogP contribution in [0.1, 0.15) is 29.3 Å². The first-order chi connectivity index (χ1) is 10.7. The highest BCUT2D eigenvalue weighted by molar-refractivity contribution is 7.11. The number of benzene rings is 1. The highest BCUT2D eigenvalue weighted by atomic mass is 32.1. The van der Waals surface area contributed by atoms with Gasteiger partial charge in [-0.25, -0.2) is 4.68 Å². The first-order valence-electron chi connectivity index (χ1n) is 7.75. The van der Waals surface area contributed by atoms with Gasteiger partial charge >= 0.3 is 0 Å². The summed E-state index contributed by atoms with van der Waals surface area (Å²) in [6, 6.07) is 14.6. The molecule has 0 saturated heterocycles. The van der Waals surface area contributed by atoms with Crippen LogP contribution in [0.15, 0.2) is 48.7 Å². The normalized spacial score (nSPS) is 11.2. The van der Waals surface area contributed by atoms with Crippen molar-refractivity contribution in [1.82, 2.24) is 15.0 Å². The summed E-state index contributed by atoms with van der Waals surface area (Å²) < 4.78 is 1.84. The van der Waals surface area contributed by atoms with Gasteiger partial charge in [0.2, 0.25) is 0 Å². The van der Waals surface area contributed by atoms with Gasteiger partial charge in [-0.1, -0.05) is 37.3 Å². The molecule has 3 rings (SSSR count). The van der Waals surface area contributed by atoms with Crippen LogP contribution in [0.25, 0.3) is 5.69 Å². The molecule has 0 bridgehead atoms. The Labute approximate surface area is 135 Å². The Kier molecular flexibility index (Phi) is 4.68. The van der Waals surface area contributed by atoms with Gasteiger partial charge < -0.3 is 0 Å². The fourth-order valence-electron chi connectivity index (χ4n) is 2.44. The Bertz CT molecular complexity index is 713. The Morgan fingerprint density at radius 2 is 1.77 bits per heavy atom. The monoisotopic (exact) mass is 311 g/mol. The van der Waals surface area contributed by atoms with Crippen molar-refractivity contribution in [3.63, 3.8) is 0 Å². The average molecular weight is 311 g/mol. The molecule has 0 amide bonds. The van der Waals surface area contributed by atoms with Crippen molar-refractivity contribution < 1.29 is 0 Å². The molecule has 3 nitrogen and oxygen atoms in total. The Morgan fingerprint density at radius 3 is 2.55 bits per heavy atom. The summed E-state index contributed by atoms with van der Waals surface area (Å²) in [4.78, 5) is 2.92. The lowest BCUT2D eigenvalue weighted by atomic mass is 10.1. The molecule has 2 heterocycles. The molecule has 0 atom stereocenters. The van der Waals surface area contributed by atoms with Gasteiger partial charge in [-0.15, -0.1) is 16.4 Å². The fourth-order valence-corrected chi connectivity index (χ4v) is 3.67. The number of nitrogens with zero attached hydrogens (tertiary/aromatic N) is 3. The van der Waals surface area contributed by atoms with E-state index in [2.05, 4.69) is 36.3 Å². The molecule has 0 unspecified atom stereocenters. The molecule has 22 heavy (non-hydrogen) atoms. The van der Waals surface area contributed by atoms with E-state index in [9.17, 15) is 0 Å². The van der Waals surface area contributed by atoms with Crippen molar-refractivity contribution in [3.05, 3.63) is 64.1 Å². The third-order valence-electron chi connectivity index (χ3n) is 3.52. The standard InChI is InChI=1S/C18H21N3S/c1-14(2)12-18-11-10-17(22-18)9-8-15-13-21(20-19-15)16-6-4-3-5-7-16/h3-7,10-11,13-14H,8-9,12H2,1-2H3. The molecule has 1 aromatic carbocycles. The van der Waals surface area contributed by atoms with Crippen molar-refractivity contribution in [2.45, 2.75) is 33.1 Å². The van der Waals surface area contributed by atoms with Crippen LogP contribution in [0, 0.1) is 5.92 Å². The average Bonchev–Trinajstić information content (AvgIpc) is 3.15. The summed E-state index contributed by atoms with van der Waals surface area (Å²) >= 11 is 1.93. The molecule has 0 spiro atoms. The van der Waals surface area contributed by atoms with Crippen LogP contribution >= 0.6 is 11.3 Å². The van der Waals surface area contributed by atoms with Crippen molar-refractivity contribution in [1.29, 1.82) is 0 Å². The van der Waals surface area contributed by atoms with Crippen LogP contribution in [-0.2, 0) is 19.3 Å². The van der Waals surface area contributed by atoms with E-state index < -0.39 is 0 Å². The largest absolute Gasteiger partial charge is 0.220 e. The van der Waals surface area contributed by atoms with Crippen LogP contribution in [0.5, 0.6) is 0 Å². The number of aryl methyl sites for hydroxylation is 2. The van der Waals surface area contributed by atoms with Crippen molar-refractivity contribution in [2.75, 3.05) is 0 Å². The first kappa shape index (κ1) is 15.0. The van der Waals surface area contributed by atoms with Gasteiger partial charge in [0, 0.05) is 9.75 Å². The summed E-state index contributed by atoms with van der Waals surface area (Å²) in [5, 5.41) is 8.49. The van der Waals surface area contributed by atoms with E-state index in [4.69, 9.17) is 0 Å². The van der Waals surface area contributed by atoms with Gasteiger partial charge in [-0.3, -0.25) is 0 Å². The van der Waals surface area contributed by atoms with E-state index >= 15 is 0 Å². The SMILES string of the molecule is CC(C)Cc1ccc(CCc2cn(-c3ccccc3)nn2)s1. The Hall–Kier alpha value is -1.94. The smallest absolute Gasteiger partial charge is 0.0835 e. The minimum absolute atomic E-state index is 0.720. The number of rotatable bonds is 6. The maximum atomic E-state index is 4.28. The third kappa shape index (κ3) is 3.83. The molecule has 0 aliphatic carbocycles. The summed E-state index contributed by atoms with van der Waals surface area (Å²) in [6.45, 7) is 4.53. The molecule has 0 N–H and O–H groups in total. The molecule has 3 aromatic rings. The molecule has 0 fully saturated rings. The van der Waals surface area contributed by atoms with E-state index in [1.54, 1.807) is 0 Å². The summed E-state index contributed by atoms with van der Waals surface area (Å²) in [5.74, 6) is 0.720. The van der Waals surface area contributed by atoms with E-state index in [0.29, 0.717) is 0 Å². The van der Waals surface area contributed by atoms with E-state index in [1.165, 1.54) is 16.2 Å². The number of thiophene rings is 1. The second-order valence-corrected chi connectivity index (χ2v) is 7.21. The maximum Gasteiger partial charge on any atom is 0.0835 e. The zero-order chi connectivity index (χ0) is 15.4. The Morgan fingerprint density at radius 1 is 1.00 bits per heavy atom. The zero-order valence-electron chi connectivity index (χ0n) is 13.1. The van der Waals surface area contributed by atoms with Crippen LogP contribution in [0.4, 0.5) is 0 Å². The molecule has 2 aromatic heterocycles. The summed E-state index contributed by atoms with van der Waals surface area (Å²) in [5.41, 5.74) is 2.10. The second kappa shape index (κ2) is 6.88. The number of aromatic nitrogens is 3. The van der Waals surface area contributed by atoms with Gasteiger partial charge in [0.25, 0.3) is 0 Å². The lowest BCUT2D eigenvalue weighted by Crippen LogP contribution is -1.93. The van der Waals surface area contributed by atoms with Crippen LogP contribution in [0.2, 0.25) is 0 Å². The molecule has 4 heteroatoms. The highest BCUT2D eigenvalue weighted by Gasteiger charge is 2.06. The predicted octanol–water partition coefficient (Wildman–Crippen LogP) is 4.31. The maximum absolute atomic E-state index is 4.28. The predicted molar refractivity (Wildman–Crippen MR) is 91.6 cm³/mol. The van der Waals surface area contributed by atoms with E-state index in [0.717, 1.165) is 30.1 Å². The molecule has 0 saturated carbocycles. The number of hydrogen-bond donors (Lipinski definition) is 0. The number of hydrogen-bond acceptors (Lipinski definition) is 3. The van der Waals surface area contributed by atoms with E-state index in [1.807, 2.05) is 52.5 Å². The minimum Gasteiger partial charge on any atom is -0.220 e. The second-order valence-electron chi connectivity index (χ2n) is 5.96. The number of para-hydroxylation sites is 1. The van der Waals surface area contributed by atoms with E-state index in [-0.39, 0.29) is 0 Å². The van der Waals surface area contributed by atoms with Gasteiger partial charge in [-0.05, 0) is 49.4 Å². The minimum atomic E-state index is 0.720. The van der Waals surface area contributed by atoms with Gasteiger partial charge in [-0.2, -0.15) is 0 Å². The first-order valence-corrected chi connectivity index (χ1v) is 8.56. The van der Waals surface area contributed by atoms with Gasteiger partial charge in [0.15, 0.2) is 0 Å². The quantitative estimate of drug-likeness (QED) is 0.679. The van der Waals surface area contributed by atoms with Crippen LogP contribution in [0.3, 0.4) is 0 Å². The van der Waals surface area contributed by atoms with Gasteiger partial charge in [0.05, 0.1) is 17.6 Å². The zero-order valence-corrected chi connectivity index (χ0v) is 13.9. The van der Waals surface area contributed by atoms with Crippen molar-refractivity contribution >= 4 is 11.3 Å². The third-order valence-corrected chi connectivity index (χ3v) is 4.68. The van der Waals surface area contributed by atoms with Crippen LogP contribution < -0.4 is 0 Å². The highest BCUT2D eigenvalue weighted by Crippen LogP contribution is 2.21. The molecular formula is C18H21N3S. The Balaban J connectivity index is 1.60. The molecular weight excluding hydrogens is 290 g/mol. The lowest BCUT2D eigenvalue weighted by molar-refractivity contribution is 0.654.